The molecule has 2 rings (SSSR count). The van der Waals surface area contributed by atoms with Crippen molar-refractivity contribution in [3.63, 3.8) is 0 Å². The van der Waals surface area contributed by atoms with E-state index in [0.29, 0.717) is 12.2 Å². The van der Waals surface area contributed by atoms with Crippen molar-refractivity contribution < 1.29 is 33.6 Å². The second kappa shape index (κ2) is 11.7. The van der Waals surface area contributed by atoms with E-state index in [1.165, 1.54) is 13.8 Å². The average molecular weight is 521 g/mol. The predicted octanol–water partition coefficient (Wildman–Crippen LogP) is 1.53. The lowest BCUT2D eigenvalue weighted by Gasteiger charge is -2.27. The molecule has 0 aliphatic carbocycles. The van der Waals surface area contributed by atoms with Gasteiger partial charge in [0.05, 0.1) is 12.7 Å². The van der Waals surface area contributed by atoms with E-state index < -0.39 is 60.5 Å². The first-order chi connectivity index (χ1) is 15.8. The van der Waals surface area contributed by atoms with E-state index in [-0.39, 0.29) is 6.10 Å². The standard InChI is InChI=1S/C20H30N3O9PS/c1-6-9-34-33(29,11-21-13(4)17(26)31-12(2)3)30-10-14-16(25)20(5,28)18(32-14)23-8-7-15(24)22-19(23)27/h7-8,12-14,16,18,25,28H,6,9-10H2,1-5H3/p+1. The summed E-state index contributed by atoms with van der Waals surface area (Å²) < 4.78 is 30.5. The Morgan fingerprint density at radius 2 is 2.12 bits per heavy atom. The lowest BCUT2D eigenvalue weighted by Crippen LogP contribution is -2.46. The Morgan fingerprint density at radius 1 is 1.44 bits per heavy atom. The molecule has 34 heavy (non-hydrogen) atoms. The molecule has 1 aliphatic rings. The fourth-order valence-electron chi connectivity index (χ4n) is 3.01. The van der Waals surface area contributed by atoms with Crippen molar-refractivity contribution in [1.29, 1.82) is 0 Å². The van der Waals surface area contributed by atoms with E-state index in [4.69, 9.17) is 14.0 Å². The van der Waals surface area contributed by atoms with Crippen molar-refractivity contribution >= 4 is 23.9 Å². The molecule has 6 atom stereocenters. The minimum Gasteiger partial charge on any atom is -0.457 e. The van der Waals surface area contributed by atoms with Crippen LogP contribution in [0.3, 0.4) is 0 Å². The topological polar surface area (TPSA) is 162 Å². The molecule has 0 spiro atoms. The van der Waals surface area contributed by atoms with E-state index in [1.54, 1.807) is 13.8 Å². The molecule has 6 unspecified atom stereocenters. The number of carbonyl (C=O) groups is 1. The number of carbonyl (C=O) groups excluding carboxylic acids is 1. The van der Waals surface area contributed by atoms with Gasteiger partial charge in [-0.3, -0.25) is 18.9 Å². The predicted molar refractivity (Wildman–Crippen MR) is 126 cm³/mol. The second-order valence-corrected chi connectivity index (χ2v) is 12.6. The van der Waals surface area contributed by atoms with Gasteiger partial charge in [-0.15, -0.1) is 0 Å². The third-order valence-corrected chi connectivity index (χ3v) is 8.71. The fourth-order valence-corrected chi connectivity index (χ4v) is 6.27. The van der Waals surface area contributed by atoms with Gasteiger partial charge in [-0.2, -0.15) is 0 Å². The second-order valence-electron chi connectivity index (χ2n) is 8.23. The first-order valence-corrected chi connectivity index (χ1v) is 14.0. The fraction of sp³-hybridized carbons (Fsp3) is 0.700. The first kappa shape index (κ1) is 28.3. The van der Waals surface area contributed by atoms with Gasteiger partial charge in [0, 0.05) is 24.9 Å². The van der Waals surface area contributed by atoms with Gasteiger partial charge in [-0.05, 0) is 27.2 Å². The number of hydrogen-bond donors (Lipinski definition) is 3. The van der Waals surface area contributed by atoms with Crippen LogP contribution in [-0.4, -0.2) is 68.0 Å². The summed E-state index contributed by atoms with van der Waals surface area (Å²) in [5.41, 5.74) is -3.39. The number of nitrogens with zero attached hydrogens (tertiary/aromatic N) is 2. The third-order valence-electron chi connectivity index (χ3n) is 4.80. The zero-order valence-corrected chi connectivity index (χ0v) is 21.4. The Kier molecular flexibility index (Phi) is 9.71. The quantitative estimate of drug-likeness (QED) is 0.322. The molecule has 12 nitrogen and oxygen atoms in total. The summed E-state index contributed by atoms with van der Waals surface area (Å²) >= 11 is 0.959. The maximum Gasteiger partial charge on any atom is 0.403 e. The minimum atomic E-state index is -3.69. The van der Waals surface area contributed by atoms with Crippen LogP contribution in [0.4, 0.5) is 0 Å². The lowest BCUT2D eigenvalue weighted by molar-refractivity contribution is -0.147. The summed E-state index contributed by atoms with van der Waals surface area (Å²) in [7, 11) is 0. The van der Waals surface area contributed by atoms with Crippen LogP contribution in [0.15, 0.2) is 21.9 Å². The van der Waals surface area contributed by atoms with Gasteiger partial charge in [0.1, 0.15) is 17.8 Å². The van der Waals surface area contributed by atoms with Crippen LogP contribution in [0.2, 0.25) is 0 Å². The Bertz CT molecular complexity index is 1090. The van der Waals surface area contributed by atoms with Crippen LogP contribution >= 0.6 is 18.0 Å². The molecule has 0 bridgehead atoms. The largest absolute Gasteiger partial charge is 0.457 e. The number of aliphatic hydroxyl groups is 2. The number of rotatable bonds is 9. The summed E-state index contributed by atoms with van der Waals surface area (Å²) in [6.07, 6.45) is -2.54. The Labute approximate surface area is 200 Å². The Balaban J connectivity index is 2.19. The number of H-pyrrole nitrogens is 1. The highest BCUT2D eigenvalue weighted by molar-refractivity contribution is 8.58. The van der Waals surface area contributed by atoms with E-state index in [9.17, 15) is 29.2 Å². The maximum atomic E-state index is 13.3. The molecule has 0 radical (unpaired) electrons. The van der Waals surface area contributed by atoms with Crippen LogP contribution in [0.5, 0.6) is 0 Å². The van der Waals surface area contributed by atoms with Crippen LogP contribution in [0, 0.1) is 5.81 Å². The number of esters is 1. The molecule has 190 valence electrons. The number of ether oxygens (including phenoxy) is 2. The van der Waals surface area contributed by atoms with Crippen LogP contribution in [0.25, 0.3) is 4.85 Å². The van der Waals surface area contributed by atoms with Gasteiger partial charge < -0.3 is 24.2 Å². The molecule has 0 aromatic carbocycles. The normalized spacial score (nSPS) is 27.0. The van der Waals surface area contributed by atoms with Gasteiger partial charge in [-0.25, -0.2) is 9.59 Å². The molecule has 0 amide bonds. The summed E-state index contributed by atoms with van der Waals surface area (Å²) in [6, 6.07) is 0.121. The number of nitrogens with one attached hydrogen (secondary N) is 1. The summed E-state index contributed by atoms with van der Waals surface area (Å²) in [5.74, 6) is 2.28. The van der Waals surface area contributed by atoms with Crippen molar-refractivity contribution in [1.82, 2.24) is 9.55 Å². The maximum absolute atomic E-state index is 13.3. The zero-order chi connectivity index (χ0) is 25.7. The SMILES string of the molecule is CCCSP(=O)(C#[N+]C(C)C(=O)OC(C)C)OCC1OC(n2ccc(=O)[nH]c2=O)C(C)(O)C1O. The van der Waals surface area contributed by atoms with Gasteiger partial charge in [0.25, 0.3) is 5.56 Å². The van der Waals surface area contributed by atoms with E-state index >= 15 is 0 Å². The van der Waals surface area contributed by atoms with Gasteiger partial charge in [-0.1, -0.05) is 23.2 Å². The molecule has 1 fully saturated rings. The highest BCUT2D eigenvalue weighted by Crippen LogP contribution is 2.59. The van der Waals surface area contributed by atoms with Crippen molar-refractivity contribution in [2.75, 3.05) is 12.4 Å². The smallest absolute Gasteiger partial charge is 0.403 e. The highest BCUT2D eigenvalue weighted by atomic mass is 32.7. The van der Waals surface area contributed by atoms with Crippen LogP contribution in [-0.2, 0) is 23.4 Å². The number of hydrogen-bond acceptors (Lipinski definition) is 10. The van der Waals surface area contributed by atoms with Crippen LogP contribution in [0.1, 0.15) is 47.3 Å². The van der Waals surface area contributed by atoms with Crippen molar-refractivity contribution in [3.05, 3.63) is 37.9 Å². The summed E-state index contributed by atoms with van der Waals surface area (Å²) in [6.45, 7) is 3.89. The number of aliphatic hydroxyl groups excluding tert-OH is 1. The molecular weight excluding hydrogens is 489 g/mol. The highest BCUT2D eigenvalue weighted by Gasteiger charge is 2.54. The molecular formula is C20H31N3O9PS+. The third kappa shape index (κ3) is 7.04. The first-order valence-electron chi connectivity index (χ1n) is 10.7. The number of aromatic nitrogens is 2. The monoisotopic (exact) mass is 520 g/mol. The van der Waals surface area contributed by atoms with Crippen LogP contribution < -0.4 is 11.2 Å². The van der Waals surface area contributed by atoms with Gasteiger partial charge in [0.2, 0.25) is 0 Å². The summed E-state index contributed by atoms with van der Waals surface area (Å²) in [4.78, 5) is 41.4. The molecule has 2 heterocycles. The molecule has 1 aromatic heterocycles. The molecule has 1 saturated heterocycles. The average Bonchev–Trinajstić information content (AvgIpc) is 2.98. The molecule has 3 N–H and O–H groups in total. The van der Waals surface area contributed by atoms with Gasteiger partial charge >= 0.3 is 30.1 Å². The molecule has 14 heteroatoms. The molecule has 1 aliphatic heterocycles. The zero-order valence-electron chi connectivity index (χ0n) is 19.7. The van der Waals surface area contributed by atoms with E-state index in [1.807, 2.05) is 6.92 Å². The minimum absolute atomic E-state index is 0.334. The van der Waals surface area contributed by atoms with Crippen molar-refractivity contribution in [3.8, 4) is 5.81 Å². The Morgan fingerprint density at radius 3 is 2.71 bits per heavy atom. The van der Waals surface area contributed by atoms with E-state index in [2.05, 4.69) is 15.6 Å². The molecule has 0 saturated carbocycles. The Hall–Kier alpha value is -1.94. The lowest BCUT2D eigenvalue weighted by atomic mass is 9.96. The van der Waals surface area contributed by atoms with Gasteiger partial charge in [0.15, 0.2) is 6.23 Å². The summed E-state index contributed by atoms with van der Waals surface area (Å²) in [5, 5.41) is 21.4. The van der Waals surface area contributed by atoms with Crippen molar-refractivity contribution in [2.24, 2.45) is 0 Å². The van der Waals surface area contributed by atoms with E-state index in [0.717, 1.165) is 28.2 Å². The number of aromatic amines is 1. The molecule has 1 aromatic rings. The van der Waals surface area contributed by atoms with Crippen molar-refractivity contribution in [2.45, 2.75) is 77.2 Å².